The van der Waals surface area contributed by atoms with Gasteiger partial charge in [0.25, 0.3) is 0 Å². The van der Waals surface area contributed by atoms with Crippen molar-refractivity contribution < 1.29 is 22.3 Å². The summed E-state index contributed by atoms with van der Waals surface area (Å²) in [4.78, 5) is 24.0. The molecule has 11 heteroatoms. The van der Waals surface area contributed by atoms with Crippen LogP contribution < -0.4 is 15.5 Å². The highest BCUT2D eigenvalue weighted by Gasteiger charge is 2.58. The van der Waals surface area contributed by atoms with Gasteiger partial charge in [-0.05, 0) is 87.6 Å². The lowest BCUT2D eigenvalue weighted by atomic mass is 10.1. The molecule has 0 bridgehead atoms. The highest BCUT2D eigenvalue weighted by atomic mass is 32.2. The van der Waals surface area contributed by atoms with Crippen molar-refractivity contribution in [1.29, 1.82) is 0 Å². The van der Waals surface area contributed by atoms with Crippen molar-refractivity contribution in [3.05, 3.63) is 65.6 Å². The molecule has 3 aromatic rings. The van der Waals surface area contributed by atoms with E-state index in [2.05, 4.69) is 15.5 Å². The second kappa shape index (κ2) is 10.1. The van der Waals surface area contributed by atoms with E-state index in [-0.39, 0.29) is 23.0 Å². The lowest BCUT2D eigenvalue weighted by Crippen LogP contribution is -2.44. The number of hydrogen-bond acceptors (Lipinski definition) is 7. The summed E-state index contributed by atoms with van der Waals surface area (Å²) in [5.74, 6) is 0.564. The summed E-state index contributed by atoms with van der Waals surface area (Å²) in [7, 11) is -3.87. The first-order chi connectivity index (χ1) is 19.2. The van der Waals surface area contributed by atoms with Gasteiger partial charge in [0.2, 0.25) is 0 Å². The number of aromatic nitrogens is 2. The molecule has 6 rings (SSSR count). The van der Waals surface area contributed by atoms with Crippen molar-refractivity contribution in [2.75, 3.05) is 30.0 Å². The number of nitrogens with one attached hydrogen (secondary N) is 2. The Balaban J connectivity index is 1.38. The van der Waals surface area contributed by atoms with Crippen LogP contribution in [0.2, 0.25) is 0 Å². The van der Waals surface area contributed by atoms with Gasteiger partial charge in [-0.25, -0.2) is 27.6 Å². The van der Waals surface area contributed by atoms with Gasteiger partial charge in [0.15, 0.2) is 15.7 Å². The number of hydrogen-bond donors (Lipinski definition) is 2. The molecule has 2 aromatic carbocycles. The summed E-state index contributed by atoms with van der Waals surface area (Å²) in [6.45, 7) is 5.35. The first-order valence-corrected chi connectivity index (χ1v) is 15.1. The molecule has 210 valence electrons. The number of halogens is 1. The van der Waals surface area contributed by atoms with Crippen LogP contribution in [0.25, 0.3) is 11.4 Å². The van der Waals surface area contributed by atoms with Crippen LogP contribution in [0.3, 0.4) is 0 Å². The molecule has 0 spiro atoms. The molecule has 2 saturated carbocycles. The van der Waals surface area contributed by atoms with Gasteiger partial charge in [-0.3, -0.25) is 0 Å². The van der Waals surface area contributed by atoms with Crippen molar-refractivity contribution in [2.45, 2.75) is 61.3 Å². The molecule has 2 N–H and O–H groups in total. The Bertz CT molecular complexity index is 1560. The zero-order chi connectivity index (χ0) is 28.1. The zero-order valence-electron chi connectivity index (χ0n) is 22.5. The van der Waals surface area contributed by atoms with E-state index in [0.717, 1.165) is 12.8 Å². The molecule has 2 heterocycles. The summed E-state index contributed by atoms with van der Waals surface area (Å²) in [6, 6.07) is 12.8. The molecule has 3 fully saturated rings. The first kappa shape index (κ1) is 26.6. The first-order valence-electron chi connectivity index (χ1n) is 13.6. The minimum Gasteiger partial charge on any atom is -0.377 e. The largest absolute Gasteiger partial charge is 0.377 e. The molecule has 40 heavy (non-hydrogen) atoms. The Kier molecular flexibility index (Phi) is 6.74. The van der Waals surface area contributed by atoms with Crippen LogP contribution in [0.15, 0.2) is 53.4 Å². The van der Waals surface area contributed by atoms with E-state index in [1.165, 1.54) is 18.2 Å². The number of amides is 2. The summed E-state index contributed by atoms with van der Waals surface area (Å²) in [5, 5.41) is 5.73. The van der Waals surface area contributed by atoms with Crippen molar-refractivity contribution in [3.8, 4) is 11.4 Å². The predicted molar refractivity (Wildman–Crippen MR) is 150 cm³/mol. The fourth-order valence-corrected chi connectivity index (χ4v) is 7.37. The third-order valence-corrected chi connectivity index (χ3v) is 10.5. The van der Waals surface area contributed by atoms with Gasteiger partial charge < -0.3 is 20.3 Å². The number of aryl methyl sites for hydroxylation is 1. The minimum atomic E-state index is -3.87. The Hall–Kier alpha value is -3.57. The molecule has 0 unspecified atom stereocenters. The van der Waals surface area contributed by atoms with E-state index in [1.807, 2.05) is 19.1 Å². The molecule has 9 nitrogen and oxygen atoms in total. The fraction of sp³-hybridized carbons (Fsp3) is 0.414. The molecule has 2 aliphatic carbocycles. The Morgan fingerprint density at radius 3 is 2.50 bits per heavy atom. The number of sulfone groups is 1. The van der Waals surface area contributed by atoms with Crippen LogP contribution >= 0.6 is 0 Å². The lowest BCUT2D eigenvalue weighted by molar-refractivity contribution is 0.0985. The van der Waals surface area contributed by atoms with E-state index in [4.69, 9.17) is 14.7 Å². The average molecular weight is 566 g/mol. The Morgan fingerprint density at radius 1 is 1.10 bits per heavy atom. The Morgan fingerprint density at radius 2 is 1.85 bits per heavy atom. The quantitative estimate of drug-likeness (QED) is 0.404. The molecule has 1 saturated heterocycles. The second-order valence-corrected chi connectivity index (χ2v) is 13.1. The molecule has 0 radical (unpaired) electrons. The smallest absolute Gasteiger partial charge is 0.319 e. The number of ether oxygens (including phenoxy) is 1. The standard InChI is InChI=1S/C29H32FN5O4S/c1-18-15-21(30)5-10-24(18)40(37,38)29(11-12-29)25-16-26(35-13-14-39-17-19(35)2)34-27(33-25)20-3-6-22(7-4-20)31-28(36)32-23-8-9-23/h3-7,10,15-16,19,23H,8-9,11-14,17H2,1-2H3,(H2,31,32,36)/t19-/m0/s1. The van der Waals surface area contributed by atoms with Gasteiger partial charge in [0.1, 0.15) is 16.4 Å². The molecular weight excluding hydrogens is 533 g/mol. The van der Waals surface area contributed by atoms with E-state index >= 15 is 0 Å². The number of carbonyl (C=O) groups excluding carboxylic acids is 1. The number of anilines is 2. The summed E-state index contributed by atoms with van der Waals surface area (Å²) in [5.41, 5.74) is 2.13. The summed E-state index contributed by atoms with van der Waals surface area (Å²) in [6.07, 6.45) is 2.84. The monoisotopic (exact) mass is 565 g/mol. The molecule has 1 aliphatic heterocycles. The van der Waals surface area contributed by atoms with E-state index in [1.54, 1.807) is 25.1 Å². The average Bonchev–Trinajstić information content (AvgIpc) is 3.85. The van der Waals surface area contributed by atoms with Gasteiger partial charge in [0, 0.05) is 29.9 Å². The van der Waals surface area contributed by atoms with Crippen molar-refractivity contribution in [1.82, 2.24) is 15.3 Å². The number of rotatable bonds is 7. The Labute approximate surface area is 233 Å². The van der Waals surface area contributed by atoms with Gasteiger partial charge in [0.05, 0.1) is 29.8 Å². The van der Waals surface area contributed by atoms with Crippen LogP contribution in [0.5, 0.6) is 0 Å². The maximum Gasteiger partial charge on any atom is 0.319 e. The highest BCUT2D eigenvalue weighted by Crippen LogP contribution is 2.55. The number of carbonyl (C=O) groups is 1. The number of morpholine rings is 1. The summed E-state index contributed by atoms with van der Waals surface area (Å²) < 4.78 is 46.2. The van der Waals surface area contributed by atoms with E-state index in [0.29, 0.717) is 66.8 Å². The van der Waals surface area contributed by atoms with Crippen LogP contribution in [0.4, 0.5) is 20.7 Å². The van der Waals surface area contributed by atoms with Crippen LogP contribution in [-0.2, 0) is 19.3 Å². The minimum absolute atomic E-state index is 0.0482. The maximum atomic E-state index is 14.0. The normalized spacial score (nSPS) is 20.2. The van der Waals surface area contributed by atoms with Crippen molar-refractivity contribution >= 4 is 27.4 Å². The topological polar surface area (TPSA) is 114 Å². The zero-order valence-corrected chi connectivity index (χ0v) is 23.3. The highest BCUT2D eigenvalue weighted by molar-refractivity contribution is 7.92. The van der Waals surface area contributed by atoms with Crippen LogP contribution in [0, 0.1) is 12.7 Å². The van der Waals surface area contributed by atoms with Crippen LogP contribution in [-0.4, -0.2) is 56.3 Å². The maximum absolute atomic E-state index is 14.0. The molecule has 1 atom stereocenters. The number of urea groups is 1. The van der Waals surface area contributed by atoms with E-state index < -0.39 is 20.4 Å². The van der Waals surface area contributed by atoms with Gasteiger partial charge in [-0.2, -0.15) is 0 Å². The predicted octanol–water partition coefficient (Wildman–Crippen LogP) is 4.56. The third-order valence-electron chi connectivity index (χ3n) is 7.80. The lowest BCUT2D eigenvalue weighted by Gasteiger charge is -2.34. The van der Waals surface area contributed by atoms with E-state index in [9.17, 15) is 17.6 Å². The SMILES string of the molecule is Cc1cc(F)ccc1S(=O)(=O)C1(c2cc(N3CCOC[C@@H]3C)nc(-c3ccc(NC(=O)NC4CC4)cc3)n2)CC1. The van der Waals surface area contributed by atoms with Crippen molar-refractivity contribution in [2.24, 2.45) is 0 Å². The van der Waals surface area contributed by atoms with Gasteiger partial charge in [-0.15, -0.1) is 0 Å². The molecule has 3 aliphatic rings. The van der Waals surface area contributed by atoms with Gasteiger partial charge in [-0.1, -0.05) is 0 Å². The number of nitrogens with zero attached hydrogens (tertiary/aromatic N) is 3. The number of benzene rings is 2. The third kappa shape index (κ3) is 5.03. The summed E-state index contributed by atoms with van der Waals surface area (Å²) >= 11 is 0. The fourth-order valence-electron chi connectivity index (χ4n) is 5.20. The molecular formula is C29H32FN5O4S. The van der Waals surface area contributed by atoms with Crippen molar-refractivity contribution in [3.63, 3.8) is 0 Å². The van der Waals surface area contributed by atoms with Crippen LogP contribution in [0.1, 0.15) is 43.9 Å². The van der Waals surface area contributed by atoms with Gasteiger partial charge >= 0.3 is 6.03 Å². The second-order valence-electron chi connectivity index (χ2n) is 10.9. The molecule has 2 amide bonds. The molecule has 1 aromatic heterocycles.